The Morgan fingerprint density at radius 2 is 1.83 bits per heavy atom. The van der Waals surface area contributed by atoms with Gasteiger partial charge in [0, 0.05) is 13.3 Å². The van der Waals surface area contributed by atoms with Crippen molar-refractivity contribution in [3.05, 3.63) is 0 Å². The lowest BCUT2D eigenvalue weighted by molar-refractivity contribution is -0.141. The van der Waals surface area contributed by atoms with Crippen molar-refractivity contribution in [2.24, 2.45) is 0 Å². The fourth-order valence-electron chi connectivity index (χ4n) is 1.01. The summed E-state index contributed by atoms with van der Waals surface area (Å²) in [7, 11) is -1.71. The van der Waals surface area contributed by atoms with Crippen molar-refractivity contribution < 1.29 is 14.7 Å². The highest BCUT2D eigenvalue weighted by atomic mass is 28.3. The van der Waals surface area contributed by atoms with Gasteiger partial charge in [-0.05, 0) is 5.04 Å². The standard InChI is InChI=1S/C13H23NO3Si/c1-10(15)14-11(12(16)17)8-7-9-18(5,6)13(2,3)4/h11H,8H2,1-6H3,(H,14,15)(H,16,17)/t11-/m0/s1. The lowest BCUT2D eigenvalue weighted by atomic mass is 10.2. The van der Waals surface area contributed by atoms with Crippen LogP contribution < -0.4 is 5.32 Å². The molecule has 0 aliphatic rings. The molecule has 0 fully saturated rings. The van der Waals surface area contributed by atoms with Crippen LogP contribution >= 0.6 is 0 Å². The van der Waals surface area contributed by atoms with Gasteiger partial charge in [0.1, 0.15) is 14.1 Å². The monoisotopic (exact) mass is 269 g/mol. The van der Waals surface area contributed by atoms with Crippen LogP contribution in [0.2, 0.25) is 18.1 Å². The van der Waals surface area contributed by atoms with Crippen molar-refractivity contribution in [3.8, 4) is 11.5 Å². The molecule has 0 saturated heterocycles. The predicted octanol–water partition coefficient (Wildman–Crippen LogP) is 2.02. The lowest BCUT2D eigenvalue weighted by Gasteiger charge is -2.31. The molecular weight excluding hydrogens is 246 g/mol. The van der Waals surface area contributed by atoms with E-state index in [4.69, 9.17) is 5.11 Å². The van der Waals surface area contributed by atoms with Gasteiger partial charge in [0.25, 0.3) is 0 Å². The van der Waals surface area contributed by atoms with Crippen molar-refractivity contribution in [2.75, 3.05) is 0 Å². The average Bonchev–Trinajstić information content (AvgIpc) is 2.13. The van der Waals surface area contributed by atoms with Crippen molar-refractivity contribution in [3.63, 3.8) is 0 Å². The molecule has 0 radical (unpaired) electrons. The van der Waals surface area contributed by atoms with E-state index in [1.807, 2.05) is 0 Å². The molecule has 2 N–H and O–H groups in total. The fraction of sp³-hybridized carbons (Fsp3) is 0.692. The van der Waals surface area contributed by atoms with Gasteiger partial charge in [0.15, 0.2) is 0 Å². The molecule has 0 spiro atoms. The number of rotatable bonds is 3. The van der Waals surface area contributed by atoms with Crippen molar-refractivity contribution in [2.45, 2.75) is 58.3 Å². The number of hydrogen-bond acceptors (Lipinski definition) is 2. The molecule has 0 aromatic heterocycles. The number of carbonyl (C=O) groups is 2. The molecule has 0 aromatic carbocycles. The summed E-state index contributed by atoms with van der Waals surface area (Å²) < 4.78 is 0. The van der Waals surface area contributed by atoms with E-state index in [2.05, 4.69) is 50.6 Å². The molecule has 0 unspecified atom stereocenters. The minimum Gasteiger partial charge on any atom is -0.480 e. The summed E-state index contributed by atoms with van der Waals surface area (Å²) in [5.74, 6) is 1.54. The normalized spacial score (nSPS) is 13.2. The number of amides is 1. The zero-order valence-corrected chi connectivity index (χ0v) is 13.0. The van der Waals surface area contributed by atoms with Crippen LogP contribution in [0.25, 0.3) is 0 Å². The van der Waals surface area contributed by atoms with E-state index in [-0.39, 0.29) is 17.4 Å². The highest BCUT2D eigenvalue weighted by molar-refractivity contribution is 6.87. The fourth-order valence-corrected chi connectivity index (χ4v) is 1.93. The van der Waals surface area contributed by atoms with Gasteiger partial charge in [-0.15, -0.1) is 11.5 Å². The SMILES string of the molecule is CC(=O)N[C@@H](CC#C[Si](C)(C)C(C)(C)C)C(=O)O. The number of aliphatic carboxylic acids is 1. The molecule has 4 nitrogen and oxygen atoms in total. The number of carboxylic acids is 1. The zero-order valence-electron chi connectivity index (χ0n) is 12.0. The van der Waals surface area contributed by atoms with E-state index >= 15 is 0 Å². The summed E-state index contributed by atoms with van der Waals surface area (Å²) >= 11 is 0. The van der Waals surface area contributed by atoms with Gasteiger partial charge < -0.3 is 10.4 Å². The van der Waals surface area contributed by atoms with Gasteiger partial charge in [-0.3, -0.25) is 4.79 Å². The Kier molecular flexibility index (Phi) is 5.62. The minimum atomic E-state index is -1.71. The van der Waals surface area contributed by atoms with Crippen LogP contribution in [0.3, 0.4) is 0 Å². The number of nitrogens with one attached hydrogen (secondary N) is 1. The Morgan fingerprint density at radius 3 is 2.17 bits per heavy atom. The minimum absolute atomic E-state index is 0.146. The van der Waals surface area contributed by atoms with E-state index in [1.54, 1.807) is 0 Å². The van der Waals surface area contributed by atoms with Crippen LogP contribution in [0.5, 0.6) is 0 Å². The molecule has 0 saturated carbocycles. The summed E-state index contributed by atoms with van der Waals surface area (Å²) in [6, 6.07) is -0.917. The third-order valence-electron chi connectivity index (χ3n) is 3.26. The first-order valence-corrected chi connectivity index (χ1v) is 8.97. The second-order valence-electron chi connectivity index (χ2n) is 5.97. The Hall–Kier alpha value is -1.28. The topological polar surface area (TPSA) is 66.4 Å². The highest BCUT2D eigenvalue weighted by Gasteiger charge is 2.33. The van der Waals surface area contributed by atoms with Crippen molar-refractivity contribution in [1.82, 2.24) is 5.32 Å². The third kappa shape index (κ3) is 5.37. The van der Waals surface area contributed by atoms with Crippen molar-refractivity contribution in [1.29, 1.82) is 0 Å². The molecule has 18 heavy (non-hydrogen) atoms. The average molecular weight is 269 g/mol. The van der Waals surface area contributed by atoms with Gasteiger partial charge in [-0.2, -0.15) is 0 Å². The molecule has 0 aromatic rings. The first kappa shape index (κ1) is 16.7. The largest absolute Gasteiger partial charge is 0.480 e. The molecule has 1 amide bonds. The van der Waals surface area contributed by atoms with Gasteiger partial charge in [0.2, 0.25) is 5.91 Å². The predicted molar refractivity (Wildman–Crippen MR) is 74.8 cm³/mol. The maximum atomic E-state index is 10.9. The van der Waals surface area contributed by atoms with Crippen LogP contribution in [0.1, 0.15) is 34.1 Å². The maximum Gasteiger partial charge on any atom is 0.327 e. The van der Waals surface area contributed by atoms with Crippen LogP contribution in [-0.2, 0) is 9.59 Å². The van der Waals surface area contributed by atoms with E-state index in [9.17, 15) is 9.59 Å². The lowest BCUT2D eigenvalue weighted by Crippen LogP contribution is -2.39. The van der Waals surface area contributed by atoms with Gasteiger partial charge in [0.05, 0.1) is 0 Å². The molecule has 0 heterocycles. The Labute approximate surface area is 110 Å². The summed E-state index contributed by atoms with van der Waals surface area (Å²) in [5, 5.41) is 11.5. The molecule has 0 bridgehead atoms. The first-order valence-electron chi connectivity index (χ1n) is 5.97. The Bertz CT molecular complexity index is 385. The Morgan fingerprint density at radius 1 is 1.33 bits per heavy atom. The van der Waals surface area contributed by atoms with E-state index in [0.29, 0.717) is 0 Å². The maximum absolute atomic E-state index is 10.9. The second-order valence-corrected chi connectivity index (χ2v) is 11.0. The summed E-state index contributed by atoms with van der Waals surface area (Å²) in [5.41, 5.74) is 3.23. The summed E-state index contributed by atoms with van der Waals surface area (Å²) in [6.45, 7) is 12.1. The molecular formula is C13H23NO3Si. The summed E-state index contributed by atoms with van der Waals surface area (Å²) in [4.78, 5) is 21.8. The van der Waals surface area contributed by atoms with Gasteiger partial charge in [-0.25, -0.2) is 4.79 Å². The van der Waals surface area contributed by atoms with Crippen LogP contribution in [0.15, 0.2) is 0 Å². The first-order chi connectivity index (χ1) is 7.97. The molecule has 0 rings (SSSR count). The molecule has 5 heteroatoms. The van der Waals surface area contributed by atoms with Gasteiger partial charge in [-0.1, -0.05) is 33.9 Å². The smallest absolute Gasteiger partial charge is 0.327 e. The third-order valence-corrected chi connectivity index (χ3v) is 7.81. The second kappa shape index (κ2) is 6.05. The molecule has 0 aliphatic carbocycles. The van der Waals surface area contributed by atoms with Crippen LogP contribution in [0, 0.1) is 11.5 Å². The van der Waals surface area contributed by atoms with Crippen LogP contribution in [0.4, 0.5) is 0 Å². The molecule has 102 valence electrons. The molecule has 0 aliphatic heterocycles. The number of hydrogen-bond donors (Lipinski definition) is 2. The number of carbonyl (C=O) groups excluding carboxylic acids is 1. The van der Waals surface area contributed by atoms with Gasteiger partial charge >= 0.3 is 5.97 Å². The quantitative estimate of drug-likeness (QED) is 0.608. The van der Waals surface area contributed by atoms with E-state index < -0.39 is 20.1 Å². The zero-order chi connectivity index (χ0) is 14.6. The van der Waals surface area contributed by atoms with E-state index in [1.165, 1.54) is 6.92 Å². The number of carboxylic acid groups (broad SMARTS) is 1. The van der Waals surface area contributed by atoms with Crippen LogP contribution in [-0.4, -0.2) is 31.1 Å². The highest BCUT2D eigenvalue weighted by Crippen LogP contribution is 2.35. The van der Waals surface area contributed by atoms with E-state index in [0.717, 1.165) is 0 Å². The Balaban J connectivity index is 4.74. The van der Waals surface area contributed by atoms with Crippen molar-refractivity contribution >= 4 is 20.0 Å². The summed E-state index contributed by atoms with van der Waals surface area (Å²) in [6.07, 6.45) is 0.154. The molecule has 1 atom stereocenters.